The van der Waals surface area contributed by atoms with Gasteiger partial charge in [-0.25, -0.2) is 20.1 Å². The number of urea groups is 1. The van der Waals surface area contributed by atoms with Crippen LogP contribution in [0, 0.1) is 6.92 Å². The van der Waals surface area contributed by atoms with Crippen LogP contribution in [0.3, 0.4) is 0 Å². The lowest BCUT2D eigenvalue weighted by Crippen LogP contribution is -2.37. The Morgan fingerprint density at radius 3 is 2.86 bits per heavy atom. The first-order chi connectivity index (χ1) is 14.2. The molecule has 0 radical (unpaired) electrons. The number of aryl methyl sites for hydroxylation is 1. The van der Waals surface area contributed by atoms with Gasteiger partial charge in [-0.3, -0.25) is 0 Å². The van der Waals surface area contributed by atoms with E-state index in [4.69, 9.17) is 4.74 Å². The van der Waals surface area contributed by atoms with E-state index in [9.17, 15) is 4.79 Å². The lowest BCUT2D eigenvalue weighted by molar-refractivity contribution is 0.0784. The number of hydrazone groups is 1. The predicted molar refractivity (Wildman–Crippen MR) is 114 cm³/mol. The number of carbonyl (C=O) groups is 1. The largest absolute Gasteiger partial charge is 0.383 e. The number of hydrogen-bond donors (Lipinski definition) is 3. The van der Waals surface area contributed by atoms with Crippen molar-refractivity contribution in [3.63, 3.8) is 0 Å². The molecule has 8 nitrogen and oxygen atoms in total. The summed E-state index contributed by atoms with van der Waals surface area (Å²) in [5.74, 6) is 0.547. The van der Waals surface area contributed by atoms with Gasteiger partial charge in [-0.2, -0.15) is 5.10 Å². The van der Waals surface area contributed by atoms with E-state index in [1.54, 1.807) is 17.3 Å². The molecule has 0 aliphatic carbocycles. The minimum absolute atomic E-state index is 0.334. The number of pyridine rings is 1. The van der Waals surface area contributed by atoms with E-state index in [0.717, 1.165) is 61.6 Å². The van der Waals surface area contributed by atoms with Gasteiger partial charge in [0.1, 0.15) is 5.82 Å². The Hall–Kier alpha value is -2.97. The summed E-state index contributed by atoms with van der Waals surface area (Å²) < 4.78 is 5.38. The van der Waals surface area contributed by atoms with Crippen molar-refractivity contribution in [1.82, 2.24) is 15.7 Å². The summed E-state index contributed by atoms with van der Waals surface area (Å²) in [5, 5.41) is 10.9. The van der Waals surface area contributed by atoms with Crippen LogP contribution in [-0.4, -0.2) is 49.6 Å². The van der Waals surface area contributed by atoms with Gasteiger partial charge >= 0.3 is 6.03 Å². The Morgan fingerprint density at radius 1 is 1.21 bits per heavy atom. The van der Waals surface area contributed by atoms with Crippen molar-refractivity contribution in [3.8, 4) is 0 Å². The maximum atomic E-state index is 12.6. The van der Waals surface area contributed by atoms with Crippen molar-refractivity contribution in [2.24, 2.45) is 5.10 Å². The molecule has 4 rings (SSSR count). The molecule has 0 saturated carbocycles. The molecule has 1 aromatic carbocycles. The molecule has 0 unspecified atom stereocenters. The van der Waals surface area contributed by atoms with E-state index >= 15 is 0 Å². The van der Waals surface area contributed by atoms with Crippen molar-refractivity contribution < 1.29 is 9.53 Å². The molecule has 3 N–H and O–H groups in total. The van der Waals surface area contributed by atoms with Crippen LogP contribution in [0.2, 0.25) is 0 Å². The Kier molecular flexibility index (Phi) is 6.02. The molecular weight excluding hydrogens is 368 g/mol. The number of nitrogens with one attached hydrogen (secondary N) is 3. The van der Waals surface area contributed by atoms with Crippen LogP contribution >= 0.6 is 0 Å². The van der Waals surface area contributed by atoms with Crippen LogP contribution in [0.25, 0.3) is 0 Å². The third kappa shape index (κ3) is 4.72. The molecule has 0 spiro atoms. The standard InChI is InChI=1S/C21H26N6O2/c1-15-2-3-16-13-25-26-21(28)27(19(16)12-15)20-5-4-18(14-24-20)23-9-8-22-17-6-10-29-11-7-17/h2-5,12-14,17,22-23H,6-11H2,1H3,(H,26,28). The number of aromatic nitrogens is 1. The number of carbonyl (C=O) groups excluding carboxylic acids is 1. The molecule has 1 aromatic heterocycles. The molecule has 0 bridgehead atoms. The zero-order chi connectivity index (χ0) is 20.1. The van der Waals surface area contributed by atoms with Gasteiger partial charge < -0.3 is 15.4 Å². The van der Waals surface area contributed by atoms with E-state index in [0.29, 0.717) is 11.9 Å². The third-order valence-electron chi connectivity index (χ3n) is 5.08. The summed E-state index contributed by atoms with van der Waals surface area (Å²) >= 11 is 0. The fourth-order valence-corrected chi connectivity index (χ4v) is 3.51. The average molecular weight is 394 g/mol. The summed E-state index contributed by atoms with van der Waals surface area (Å²) in [6.07, 6.45) is 5.53. The highest BCUT2D eigenvalue weighted by Gasteiger charge is 2.23. The second kappa shape index (κ2) is 9.02. The molecular formula is C21H26N6O2. The van der Waals surface area contributed by atoms with Crippen LogP contribution in [0.15, 0.2) is 41.6 Å². The van der Waals surface area contributed by atoms with Crippen LogP contribution < -0.4 is 21.0 Å². The van der Waals surface area contributed by atoms with Crippen LogP contribution in [0.5, 0.6) is 0 Å². The van der Waals surface area contributed by atoms with Crippen molar-refractivity contribution in [2.75, 3.05) is 36.5 Å². The summed E-state index contributed by atoms with van der Waals surface area (Å²) in [5.41, 5.74) is 6.13. The van der Waals surface area contributed by atoms with Crippen molar-refractivity contribution in [3.05, 3.63) is 47.7 Å². The average Bonchev–Trinajstić information content (AvgIpc) is 2.90. The van der Waals surface area contributed by atoms with E-state index in [-0.39, 0.29) is 6.03 Å². The Labute approximate surface area is 170 Å². The number of benzene rings is 1. The van der Waals surface area contributed by atoms with Gasteiger partial charge in [0.15, 0.2) is 0 Å². The summed E-state index contributed by atoms with van der Waals surface area (Å²) in [6.45, 7) is 5.36. The van der Waals surface area contributed by atoms with Gasteiger partial charge in [0.25, 0.3) is 0 Å². The minimum atomic E-state index is -0.334. The number of amides is 2. The monoisotopic (exact) mass is 394 g/mol. The van der Waals surface area contributed by atoms with Crippen LogP contribution in [0.1, 0.15) is 24.0 Å². The summed E-state index contributed by atoms with van der Waals surface area (Å²) in [7, 11) is 0. The quantitative estimate of drug-likeness (QED) is 0.656. The Morgan fingerprint density at radius 2 is 2.07 bits per heavy atom. The van der Waals surface area contributed by atoms with E-state index in [1.807, 2.05) is 37.3 Å². The lowest BCUT2D eigenvalue weighted by Gasteiger charge is -2.23. The van der Waals surface area contributed by atoms with E-state index < -0.39 is 0 Å². The number of nitrogens with zero attached hydrogens (tertiary/aromatic N) is 3. The number of hydrogen-bond acceptors (Lipinski definition) is 6. The lowest BCUT2D eigenvalue weighted by atomic mass is 10.1. The molecule has 29 heavy (non-hydrogen) atoms. The maximum Gasteiger partial charge on any atom is 0.348 e. The molecule has 0 atom stereocenters. The van der Waals surface area contributed by atoms with Gasteiger partial charge in [0, 0.05) is 37.9 Å². The predicted octanol–water partition coefficient (Wildman–Crippen LogP) is 2.77. The maximum absolute atomic E-state index is 12.6. The SMILES string of the molecule is Cc1ccc2c(c1)N(c1ccc(NCCNC3CCOCC3)cn1)C(=O)NN=C2. The van der Waals surface area contributed by atoms with Crippen molar-refractivity contribution in [1.29, 1.82) is 0 Å². The highest BCUT2D eigenvalue weighted by molar-refractivity contribution is 6.05. The fraction of sp³-hybridized carbons (Fsp3) is 0.381. The van der Waals surface area contributed by atoms with Gasteiger partial charge in [-0.1, -0.05) is 12.1 Å². The van der Waals surface area contributed by atoms with E-state index in [2.05, 4.69) is 26.1 Å². The Balaban J connectivity index is 1.40. The smallest absolute Gasteiger partial charge is 0.348 e. The minimum Gasteiger partial charge on any atom is -0.383 e. The summed E-state index contributed by atoms with van der Waals surface area (Å²) in [6, 6.07) is 9.88. The molecule has 2 aliphatic rings. The first-order valence-corrected chi connectivity index (χ1v) is 9.95. The summed E-state index contributed by atoms with van der Waals surface area (Å²) in [4.78, 5) is 18.6. The molecule has 1 fully saturated rings. The van der Waals surface area contributed by atoms with Gasteiger partial charge in [-0.05, 0) is 43.5 Å². The first-order valence-electron chi connectivity index (χ1n) is 9.95. The van der Waals surface area contributed by atoms with Crippen LogP contribution in [-0.2, 0) is 4.74 Å². The second-order valence-electron chi connectivity index (χ2n) is 7.25. The fourth-order valence-electron chi connectivity index (χ4n) is 3.51. The highest BCUT2D eigenvalue weighted by atomic mass is 16.5. The number of ether oxygens (including phenoxy) is 1. The number of fused-ring (bicyclic) bond motifs is 1. The van der Waals surface area contributed by atoms with E-state index in [1.165, 1.54) is 0 Å². The van der Waals surface area contributed by atoms with Crippen molar-refractivity contribution in [2.45, 2.75) is 25.8 Å². The normalized spacial score (nSPS) is 16.9. The highest BCUT2D eigenvalue weighted by Crippen LogP contribution is 2.29. The van der Waals surface area contributed by atoms with Crippen molar-refractivity contribution >= 4 is 29.4 Å². The second-order valence-corrected chi connectivity index (χ2v) is 7.25. The molecule has 3 heterocycles. The zero-order valence-corrected chi connectivity index (χ0v) is 16.5. The third-order valence-corrected chi connectivity index (χ3v) is 5.08. The van der Waals surface area contributed by atoms with Gasteiger partial charge in [-0.15, -0.1) is 0 Å². The number of rotatable bonds is 6. The molecule has 1 saturated heterocycles. The number of anilines is 3. The molecule has 2 aliphatic heterocycles. The molecule has 2 amide bonds. The zero-order valence-electron chi connectivity index (χ0n) is 16.5. The Bertz CT molecular complexity index is 877. The van der Waals surface area contributed by atoms with Gasteiger partial charge in [0.2, 0.25) is 0 Å². The molecule has 2 aromatic rings. The van der Waals surface area contributed by atoms with Crippen LogP contribution in [0.4, 0.5) is 22.0 Å². The topological polar surface area (TPSA) is 90.9 Å². The first kappa shape index (κ1) is 19.4. The van der Waals surface area contributed by atoms with Gasteiger partial charge in [0.05, 0.1) is 23.8 Å². The molecule has 152 valence electrons. The molecule has 8 heteroatoms.